The monoisotopic (exact) mass is 333 g/mol. The van der Waals surface area contributed by atoms with Gasteiger partial charge in [-0.2, -0.15) is 5.10 Å². The molecular weight excluding hydrogens is 310 g/mol. The summed E-state index contributed by atoms with van der Waals surface area (Å²) in [6.07, 6.45) is 8.67. The molecule has 1 fully saturated rings. The Bertz CT molecular complexity index is 661. The normalized spacial score (nSPS) is 16.2. The van der Waals surface area contributed by atoms with Gasteiger partial charge in [-0.15, -0.1) is 0 Å². The zero-order valence-corrected chi connectivity index (χ0v) is 14.3. The maximum atomic E-state index is 5.14. The summed E-state index contributed by atoms with van der Waals surface area (Å²) in [5.41, 5.74) is 0.844. The Morgan fingerprint density at radius 2 is 1.96 bits per heavy atom. The molecule has 0 aromatic carbocycles. The van der Waals surface area contributed by atoms with Crippen molar-refractivity contribution in [2.45, 2.75) is 32.2 Å². The van der Waals surface area contributed by atoms with Crippen LogP contribution in [0.3, 0.4) is 0 Å². The van der Waals surface area contributed by atoms with Crippen LogP contribution in [0.5, 0.6) is 0 Å². The molecule has 2 aromatic heterocycles. The molecule has 0 atom stereocenters. The average Bonchev–Trinajstić information content (AvgIpc) is 2.81. The standard InChI is InChI=1S/C15H23N7S/c1-16-15(23)20-13-12-10-19-22(14(12)18-11-17-13)9-8-21-6-4-2-3-5-7-21/h10-11H,2-9H2,1H3,(H2,16,17,18,20,23). The van der Waals surface area contributed by atoms with Gasteiger partial charge in [0.25, 0.3) is 0 Å². The third-order valence-corrected chi connectivity index (χ3v) is 4.53. The lowest BCUT2D eigenvalue weighted by Crippen LogP contribution is -2.28. The van der Waals surface area contributed by atoms with E-state index in [4.69, 9.17) is 12.2 Å². The molecule has 3 rings (SSSR count). The fourth-order valence-electron chi connectivity index (χ4n) is 2.92. The highest BCUT2D eigenvalue weighted by Gasteiger charge is 2.13. The minimum Gasteiger partial charge on any atom is -0.365 e. The van der Waals surface area contributed by atoms with Gasteiger partial charge in [-0.05, 0) is 38.1 Å². The maximum Gasteiger partial charge on any atom is 0.171 e. The molecule has 2 N–H and O–H groups in total. The maximum absolute atomic E-state index is 5.14. The van der Waals surface area contributed by atoms with Crippen LogP contribution in [0.1, 0.15) is 25.7 Å². The number of aromatic nitrogens is 4. The van der Waals surface area contributed by atoms with Crippen LogP contribution < -0.4 is 10.6 Å². The van der Waals surface area contributed by atoms with Crippen LogP contribution in [0.2, 0.25) is 0 Å². The molecule has 0 saturated carbocycles. The van der Waals surface area contributed by atoms with Gasteiger partial charge in [0.15, 0.2) is 10.8 Å². The number of nitrogens with one attached hydrogen (secondary N) is 2. The largest absolute Gasteiger partial charge is 0.365 e. The summed E-state index contributed by atoms with van der Waals surface area (Å²) in [5, 5.41) is 11.9. The van der Waals surface area contributed by atoms with Crippen LogP contribution in [0.25, 0.3) is 11.0 Å². The number of likely N-dealkylation sites (tertiary alicyclic amines) is 1. The molecule has 0 bridgehead atoms. The summed E-state index contributed by atoms with van der Waals surface area (Å²) >= 11 is 5.14. The highest BCUT2D eigenvalue weighted by molar-refractivity contribution is 7.80. The molecule has 1 aliphatic heterocycles. The molecule has 1 aliphatic rings. The van der Waals surface area contributed by atoms with E-state index >= 15 is 0 Å². The van der Waals surface area contributed by atoms with Gasteiger partial charge in [0.2, 0.25) is 0 Å². The Balaban J connectivity index is 1.71. The first-order valence-corrected chi connectivity index (χ1v) is 8.56. The van der Waals surface area contributed by atoms with Crippen molar-refractivity contribution >= 4 is 34.2 Å². The van der Waals surface area contributed by atoms with Crippen molar-refractivity contribution in [3.63, 3.8) is 0 Å². The van der Waals surface area contributed by atoms with Gasteiger partial charge in [-0.1, -0.05) is 12.8 Å². The first-order valence-electron chi connectivity index (χ1n) is 8.15. The lowest BCUT2D eigenvalue weighted by Gasteiger charge is -2.19. The first-order chi connectivity index (χ1) is 11.3. The zero-order valence-electron chi connectivity index (χ0n) is 13.5. The van der Waals surface area contributed by atoms with Crippen LogP contribution in [-0.4, -0.2) is 56.4 Å². The molecule has 0 aliphatic carbocycles. The summed E-state index contributed by atoms with van der Waals surface area (Å²) < 4.78 is 1.95. The molecule has 0 unspecified atom stereocenters. The van der Waals surface area contributed by atoms with E-state index in [0.717, 1.165) is 24.1 Å². The molecule has 1 saturated heterocycles. The average molecular weight is 333 g/mol. The predicted octanol–water partition coefficient (Wildman–Crippen LogP) is 1.62. The molecule has 2 aromatic rings. The van der Waals surface area contributed by atoms with Gasteiger partial charge in [0.05, 0.1) is 18.1 Å². The van der Waals surface area contributed by atoms with Crippen molar-refractivity contribution in [1.82, 2.24) is 30.0 Å². The molecule has 0 amide bonds. The van der Waals surface area contributed by atoms with Crippen LogP contribution in [0.4, 0.5) is 5.82 Å². The Morgan fingerprint density at radius 3 is 2.70 bits per heavy atom. The fraction of sp³-hybridized carbons (Fsp3) is 0.600. The van der Waals surface area contributed by atoms with Crippen LogP contribution in [-0.2, 0) is 6.54 Å². The van der Waals surface area contributed by atoms with Crippen molar-refractivity contribution < 1.29 is 0 Å². The third kappa shape index (κ3) is 3.94. The Morgan fingerprint density at radius 1 is 1.17 bits per heavy atom. The molecule has 0 radical (unpaired) electrons. The highest BCUT2D eigenvalue weighted by Crippen LogP contribution is 2.18. The van der Waals surface area contributed by atoms with Gasteiger partial charge >= 0.3 is 0 Å². The van der Waals surface area contributed by atoms with Crippen molar-refractivity contribution in [1.29, 1.82) is 0 Å². The van der Waals surface area contributed by atoms with E-state index in [-0.39, 0.29) is 0 Å². The van der Waals surface area contributed by atoms with Crippen LogP contribution >= 0.6 is 12.2 Å². The van der Waals surface area contributed by atoms with Gasteiger partial charge in [0, 0.05) is 13.6 Å². The number of nitrogens with zero attached hydrogens (tertiary/aromatic N) is 5. The second-order valence-corrected chi connectivity index (χ2v) is 6.20. The van der Waals surface area contributed by atoms with Gasteiger partial charge in [-0.25, -0.2) is 14.6 Å². The first kappa shape index (κ1) is 16.1. The van der Waals surface area contributed by atoms with Crippen molar-refractivity contribution in [2.24, 2.45) is 0 Å². The van der Waals surface area contributed by atoms with E-state index in [2.05, 4.69) is 30.6 Å². The van der Waals surface area contributed by atoms with Gasteiger partial charge < -0.3 is 15.5 Å². The fourth-order valence-corrected chi connectivity index (χ4v) is 3.02. The highest BCUT2D eigenvalue weighted by atomic mass is 32.1. The quantitative estimate of drug-likeness (QED) is 0.824. The summed E-state index contributed by atoms with van der Waals surface area (Å²) in [4.78, 5) is 11.2. The number of anilines is 1. The number of hydrogen-bond donors (Lipinski definition) is 2. The Hall–Kier alpha value is -1.80. The second-order valence-electron chi connectivity index (χ2n) is 5.79. The van der Waals surface area contributed by atoms with Gasteiger partial charge in [-0.3, -0.25) is 0 Å². The van der Waals surface area contributed by atoms with E-state index in [0.29, 0.717) is 10.9 Å². The van der Waals surface area contributed by atoms with Crippen molar-refractivity contribution in [2.75, 3.05) is 32.0 Å². The molecule has 0 spiro atoms. The minimum absolute atomic E-state index is 0.530. The van der Waals surface area contributed by atoms with Crippen molar-refractivity contribution in [3.05, 3.63) is 12.5 Å². The second kappa shape index (κ2) is 7.65. The predicted molar refractivity (Wildman–Crippen MR) is 95.5 cm³/mol. The molecule has 7 nitrogen and oxygen atoms in total. The minimum atomic E-state index is 0.530. The zero-order chi connectivity index (χ0) is 16.1. The molecule has 8 heteroatoms. The summed E-state index contributed by atoms with van der Waals surface area (Å²) in [5.74, 6) is 0.690. The number of thiocarbonyl (C=S) groups is 1. The Labute approximate surface area is 141 Å². The van der Waals surface area contributed by atoms with Gasteiger partial charge in [0.1, 0.15) is 12.1 Å². The summed E-state index contributed by atoms with van der Waals surface area (Å²) in [7, 11) is 1.78. The van der Waals surface area contributed by atoms with Crippen molar-refractivity contribution in [3.8, 4) is 0 Å². The molecular formula is C15H23N7S. The smallest absolute Gasteiger partial charge is 0.171 e. The summed E-state index contributed by atoms with van der Waals surface area (Å²) in [6.45, 7) is 4.24. The van der Waals surface area contributed by atoms with E-state index < -0.39 is 0 Å². The number of hydrogen-bond acceptors (Lipinski definition) is 5. The van der Waals surface area contributed by atoms with E-state index in [1.807, 2.05) is 4.68 Å². The molecule has 3 heterocycles. The molecule has 23 heavy (non-hydrogen) atoms. The number of fused-ring (bicyclic) bond motifs is 1. The summed E-state index contributed by atoms with van der Waals surface area (Å²) in [6, 6.07) is 0. The van der Waals surface area contributed by atoms with E-state index in [1.54, 1.807) is 19.6 Å². The SMILES string of the molecule is CNC(=S)Nc1ncnc2c1cnn2CCN1CCCCCC1. The lowest BCUT2D eigenvalue weighted by molar-refractivity contribution is 0.270. The Kier molecular flexibility index (Phi) is 5.35. The van der Waals surface area contributed by atoms with Crippen LogP contribution in [0, 0.1) is 0 Å². The molecule has 124 valence electrons. The van der Waals surface area contributed by atoms with E-state index in [1.165, 1.54) is 38.8 Å². The van der Waals surface area contributed by atoms with Crippen LogP contribution in [0.15, 0.2) is 12.5 Å². The lowest BCUT2D eigenvalue weighted by atomic mass is 10.2. The van der Waals surface area contributed by atoms with E-state index in [9.17, 15) is 0 Å². The number of rotatable bonds is 4. The third-order valence-electron chi connectivity index (χ3n) is 4.22. The topological polar surface area (TPSA) is 70.9 Å².